The highest BCUT2D eigenvalue weighted by molar-refractivity contribution is 5.77. The molecule has 0 aliphatic rings. The van der Waals surface area contributed by atoms with E-state index in [-0.39, 0.29) is 52.5 Å². The fourth-order valence-corrected chi connectivity index (χ4v) is 3.26. The molecule has 0 heterocycles. The molecule has 0 rings (SSSR count). The second kappa shape index (κ2) is 34.3. The first kappa shape index (κ1) is 63.3. The molecule has 0 spiro atoms. The van der Waals surface area contributed by atoms with Crippen LogP contribution >= 0.6 is 0 Å². The summed E-state index contributed by atoms with van der Waals surface area (Å²) in [6, 6.07) is 0. The Morgan fingerprint density at radius 3 is 1.12 bits per heavy atom. The van der Waals surface area contributed by atoms with Gasteiger partial charge in [0.1, 0.15) is 25.9 Å². The molecular formula is C45H90O14. The fraction of sp³-hybridized carbons (Fsp3) is 0.911. The van der Waals surface area contributed by atoms with Gasteiger partial charge >= 0.3 is 23.9 Å². The van der Waals surface area contributed by atoms with Crippen molar-refractivity contribution in [1.29, 1.82) is 0 Å². The third kappa shape index (κ3) is 36.0. The Bertz CT molecular complexity index is 1080. The van der Waals surface area contributed by atoms with E-state index in [4.69, 9.17) is 47.4 Å². The number of hydrogen-bond acceptors (Lipinski definition) is 14. The van der Waals surface area contributed by atoms with Crippen molar-refractivity contribution in [2.45, 2.75) is 161 Å². The number of esters is 4. The van der Waals surface area contributed by atoms with Gasteiger partial charge in [0.25, 0.3) is 0 Å². The van der Waals surface area contributed by atoms with Gasteiger partial charge in [0.2, 0.25) is 0 Å². The first-order valence-electron chi connectivity index (χ1n) is 21.1. The van der Waals surface area contributed by atoms with Gasteiger partial charge < -0.3 is 47.4 Å². The maximum absolute atomic E-state index is 11.8. The number of carbonyl (C=O) groups is 4. The molecule has 2 unspecified atom stereocenters. The average Bonchev–Trinajstić information content (AvgIpc) is 3.17. The number of methoxy groups -OCH3 is 3. The first-order valence-corrected chi connectivity index (χ1v) is 21.1. The van der Waals surface area contributed by atoms with Gasteiger partial charge in [0, 0.05) is 21.3 Å². The van der Waals surface area contributed by atoms with E-state index in [9.17, 15) is 19.2 Å². The van der Waals surface area contributed by atoms with E-state index in [1.54, 1.807) is 21.3 Å². The minimum atomic E-state index is -0.424. The Kier molecular flexibility index (Phi) is 36.7. The number of carbonyl (C=O) groups excluding carboxylic acids is 4. The van der Waals surface area contributed by atoms with Crippen LogP contribution in [0, 0.1) is 21.7 Å². The number of ether oxygens (including phenoxy) is 10. The predicted molar refractivity (Wildman–Crippen MR) is 232 cm³/mol. The molecule has 0 bridgehead atoms. The molecule has 0 aromatic carbocycles. The molecule has 0 fully saturated rings. The summed E-state index contributed by atoms with van der Waals surface area (Å²) in [6.07, 6.45) is 2.90. The third-order valence-electron chi connectivity index (χ3n) is 9.34. The highest BCUT2D eigenvalue weighted by Gasteiger charge is 2.30. The van der Waals surface area contributed by atoms with E-state index in [0.29, 0.717) is 66.1 Å². The second-order valence-electron chi connectivity index (χ2n) is 17.7. The Hall–Kier alpha value is -2.36. The van der Waals surface area contributed by atoms with Gasteiger partial charge in [-0.15, -0.1) is 0 Å². The van der Waals surface area contributed by atoms with E-state index in [2.05, 4.69) is 0 Å². The molecule has 0 radical (unpaired) electrons. The summed E-state index contributed by atoms with van der Waals surface area (Å²) >= 11 is 0. The highest BCUT2D eigenvalue weighted by Crippen LogP contribution is 2.24. The van der Waals surface area contributed by atoms with Gasteiger partial charge in [-0.3, -0.25) is 19.2 Å². The molecule has 14 heteroatoms. The normalized spacial score (nSPS) is 12.9. The molecule has 2 atom stereocenters. The summed E-state index contributed by atoms with van der Waals surface area (Å²) in [6.45, 7) is 37.0. The summed E-state index contributed by atoms with van der Waals surface area (Å²) < 4.78 is 51.1. The van der Waals surface area contributed by atoms with Crippen molar-refractivity contribution in [1.82, 2.24) is 0 Å². The van der Waals surface area contributed by atoms with Crippen LogP contribution in [0.25, 0.3) is 0 Å². The molecule has 14 nitrogen and oxygen atoms in total. The van der Waals surface area contributed by atoms with Crippen molar-refractivity contribution in [3.63, 3.8) is 0 Å². The van der Waals surface area contributed by atoms with Crippen LogP contribution in [-0.2, 0) is 66.5 Å². The van der Waals surface area contributed by atoms with Crippen molar-refractivity contribution in [2.24, 2.45) is 21.7 Å². The highest BCUT2D eigenvalue weighted by atomic mass is 16.6. The van der Waals surface area contributed by atoms with Crippen molar-refractivity contribution < 1.29 is 66.5 Å². The zero-order valence-electron chi connectivity index (χ0n) is 41.3. The minimum Gasteiger partial charge on any atom is -0.463 e. The van der Waals surface area contributed by atoms with E-state index in [1.807, 2.05) is 118 Å². The Morgan fingerprint density at radius 2 is 0.763 bits per heavy atom. The predicted octanol–water partition coefficient (Wildman–Crippen LogP) is 8.43. The van der Waals surface area contributed by atoms with Crippen LogP contribution < -0.4 is 0 Å². The zero-order valence-corrected chi connectivity index (χ0v) is 41.3. The second-order valence-corrected chi connectivity index (χ2v) is 17.7. The molecule has 0 aliphatic heterocycles. The van der Waals surface area contributed by atoms with Crippen molar-refractivity contribution in [3.8, 4) is 0 Å². The van der Waals surface area contributed by atoms with E-state index >= 15 is 0 Å². The van der Waals surface area contributed by atoms with Crippen molar-refractivity contribution in [3.05, 3.63) is 0 Å². The standard InChI is InChI=1S/C13H26O4.C12H24O3.C11H22O4.C9H18O3/c1-7-13(4,5)12(14)17-11(3)9-16-10(2)8-15-6;1-7-12(5,6)10(13)14-8-9-15-11(2,3)4;1-5-11(2,3)10(12)15-9-8-14-7-6-13-4;1-5-9(2,3)8(10)12-7-6-11-4/h10-11H,7-9H2,1-6H3;7-9H2,1-6H3;5-9H2,1-4H3;5-7H2,1-4H3. The van der Waals surface area contributed by atoms with E-state index < -0.39 is 10.8 Å². The average molecular weight is 855 g/mol. The van der Waals surface area contributed by atoms with Crippen LogP contribution in [0.2, 0.25) is 0 Å². The fourth-order valence-electron chi connectivity index (χ4n) is 3.26. The SMILES string of the molecule is CCC(C)(C)C(=O)OC(C)COC(C)COC.CCC(C)(C)C(=O)OCCOC.CCC(C)(C)C(=O)OCCOC(C)(C)C.CCC(C)(C)C(=O)OCCOCCOC. The minimum absolute atomic E-state index is 0.0142. The number of rotatable bonds is 26. The Morgan fingerprint density at radius 1 is 0.424 bits per heavy atom. The van der Waals surface area contributed by atoms with Crippen molar-refractivity contribution in [2.75, 3.05) is 87.4 Å². The molecule has 354 valence electrons. The van der Waals surface area contributed by atoms with Crippen molar-refractivity contribution >= 4 is 23.9 Å². The first-order chi connectivity index (χ1) is 27.1. The van der Waals surface area contributed by atoms with Gasteiger partial charge in [0.05, 0.1) is 79.6 Å². The zero-order chi connectivity index (χ0) is 46.9. The van der Waals surface area contributed by atoms with Gasteiger partial charge in [0.15, 0.2) is 0 Å². The van der Waals surface area contributed by atoms with Gasteiger partial charge in [-0.05, 0) is 116 Å². The maximum Gasteiger partial charge on any atom is 0.311 e. The van der Waals surface area contributed by atoms with Crippen LogP contribution in [0.1, 0.15) is 143 Å². The third-order valence-corrected chi connectivity index (χ3v) is 9.34. The summed E-state index contributed by atoms with van der Waals surface area (Å²) in [5.41, 5.74) is -1.75. The summed E-state index contributed by atoms with van der Waals surface area (Å²) in [5.74, 6) is -0.639. The van der Waals surface area contributed by atoms with Gasteiger partial charge in [-0.1, -0.05) is 27.7 Å². The molecule has 0 aromatic heterocycles. The molecule has 0 saturated carbocycles. The van der Waals surface area contributed by atoms with E-state index in [0.717, 1.165) is 25.7 Å². The van der Waals surface area contributed by atoms with Gasteiger partial charge in [-0.2, -0.15) is 0 Å². The van der Waals surface area contributed by atoms with Crippen LogP contribution in [0.3, 0.4) is 0 Å². The number of hydrogen-bond donors (Lipinski definition) is 0. The molecule has 59 heavy (non-hydrogen) atoms. The quantitative estimate of drug-likeness (QED) is 0.0463. The van der Waals surface area contributed by atoms with Crippen LogP contribution in [-0.4, -0.2) is 129 Å². The Balaban J connectivity index is -0.000000344. The summed E-state index contributed by atoms with van der Waals surface area (Å²) in [5, 5.41) is 0. The van der Waals surface area contributed by atoms with E-state index in [1.165, 1.54) is 0 Å². The maximum atomic E-state index is 11.8. The molecule has 0 saturated heterocycles. The topological polar surface area (TPSA) is 161 Å². The van der Waals surface area contributed by atoms with Crippen LogP contribution in [0.4, 0.5) is 0 Å². The Labute approximate surface area is 360 Å². The molecule has 0 aliphatic carbocycles. The smallest absolute Gasteiger partial charge is 0.311 e. The lowest BCUT2D eigenvalue weighted by molar-refractivity contribution is -0.163. The molecule has 0 amide bonds. The largest absolute Gasteiger partial charge is 0.463 e. The molecule has 0 N–H and O–H groups in total. The summed E-state index contributed by atoms with van der Waals surface area (Å²) in [4.78, 5) is 46.1. The molecule has 0 aromatic rings. The lowest BCUT2D eigenvalue weighted by Crippen LogP contribution is -2.32. The van der Waals surface area contributed by atoms with Gasteiger partial charge in [-0.25, -0.2) is 0 Å². The van der Waals surface area contributed by atoms with Crippen LogP contribution in [0.15, 0.2) is 0 Å². The summed E-state index contributed by atoms with van der Waals surface area (Å²) in [7, 11) is 4.83. The molecular weight excluding hydrogens is 764 g/mol. The lowest BCUT2D eigenvalue weighted by atomic mass is 9.91. The monoisotopic (exact) mass is 855 g/mol. The van der Waals surface area contributed by atoms with Crippen LogP contribution in [0.5, 0.6) is 0 Å². The lowest BCUT2D eigenvalue weighted by Gasteiger charge is -2.24.